The Morgan fingerprint density at radius 2 is 1.82 bits per heavy atom. The molecule has 1 aliphatic heterocycles. The van der Waals surface area contributed by atoms with Gasteiger partial charge in [-0.1, -0.05) is 41.0 Å². The molecular weight excluding hydrogens is 434 g/mol. The van der Waals surface area contributed by atoms with Crippen LogP contribution in [-0.2, 0) is 4.74 Å². The minimum Gasteiger partial charge on any atom is -0.595 e. The first-order valence-corrected chi connectivity index (χ1v) is 11.0. The van der Waals surface area contributed by atoms with E-state index < -0.39 is 5.23 Å². The molecule has 7 heteroatoms. The summed E-state index contributed by atoms with van der Waals surface area (Å²) in [5.41, 5.74) is 6.01. The molecule has 180 valence electrons. The Morgan fingerprint density at radius 1 is 1.15 bits per heavy atom. The second-order valence-electron chi connectivity index (χ2n) is 8.52. The van der Waals surface area contributed by atoms with Crippen molar-refractivity contribution in [3.05, 3.63) is 103 Å². The van der Waals surface area contributed by atoms with Gasteiger partial charge in [-0.3, -0.25) is 4.79 Å². The van der Waals surface area contributed by atoms with E-state index in [2.05, 4.69) is 18.2 Å². The Morgan fingerprint density at radius 3 is 2.47 bits per heavy atom. The van der Waals surface area contributed by atoms with Crippen molar-refractivity contribution in [2.75, 3.05) is 13.7 Å². The Balaban J connectivity index is 1.69. The molecule has 2 atom stereocenters. The lowest BCUT2D eigenvalue weighted by Gasteiger charge is -2.11. The van der Waals surface area contributed by atoms with Gasteiger partial charge in [-0.25, -0.2) is 5.21 Å². The summed E-state index contributed by atoms with van der Waals surface area (Å²) >= 11 is 0. The Hall–Kier alpha value is -3.23. The molecule has 1 aromatic carbocycles. The highest BCUT2D eigenvalue weighted by Crippen LogP contribution is 2.35. The van der Waals surface area contributed by atoms with Crippen LogP contribution in [-0.4, -0.2) is 18.9 Å². The van der Waals surface area contributed by atoms with E-state index in [0.717, 1.165) is 27.9 Å². The van der Waals surface area contributed by atoms with Crippen LogP contribution in [0.1, 0.15) is 50.2 Å². The van der Waals surface area contributed by atoms with E-state index in [1.165, 1.54) is 13.2 Å². The van der Waals surface area contributed by atoms with E-state index in [1.54, 1.807) is 31.2 Å². The normalized spacial score (nSPS) is 19.6. The molecule has 0 aliphatic carbocycles. The van der Waals surface area contributed by atoms with Gasteiger partial charge < -0.3 is 19.1 Å². The minimum atomic E-state index is -0.931. The van der Waals surface area contributed by atoms with Crippen LogP contribution in [0.3, 0.4) is 0 Å². The summed E-state index contributed by atoms with van der Waals surface area (Å²) in [5.74, 6) is 0.701. The summed E-state index contributed by atoms with van der Waals surface area (Å²) in [5, 5.41) is 19.1. The molecule has 0 amide bonds. The molecule has 1 saturated heterocycles. The average molecular weight is 466 g/mol. The van der Waals surface area contributed by atoms with Crippen molar-refractivity contribution in [2.24, 2.45) is 0 Å². The van der Waals surface area contributed by atoms with Crippen molar-refractivity contribution in [1.82, 2.24) is 0 Å². The third kappa shape index (κ3) is 6.65. The lowest BCUT2D eigenvalue weighted by molar-refractivity contribution is -0.991. The quantitative estimate of drug-likeness (QED) is 0.453. The van der Waals surface area contributed by atoms with Crippen LogP contribution in [0.4, 0.5) is 5.69 Å². The maximum atomic E-state index is 12.1. The molecule has 2 heterocycles. The number of ether oxygens (including phenoxy) is 2. The van der Waals surface area contributed by atoms with Crippen LogP contribution < -0.4 is 15.4 Å². The predicted molar refractivity (Wildman–Crippen MR) is 131 cm³/mol. The first-order chi connectivity index (χ1) is 16.2. The third-order valence-electron chi connectivity index (χ3n) is 5.50. The van der Waals surface area contributed by atoms with Crippen LogP contribution >= 0.6 is 0 Å². The smallest absolute Gasteiger partial charge is 0.288 e. The zero-order valence-corrected chi connectivity index (χ0v) is 20.2. The second kappa shape index (κ2) is 11.3. The highest BCUT2D eigenvalue weighted by Gasteiger charge is 2.27. The van der Waals surface area contributed by atoms with Crippen LogP contribution in [0, 0.1) is 12.1 Å². The van der Waals surface area contributed by atoms with Crippen LogP contribution in [0.15, 0.2) is 80.1 Å². The van der Waals surface area contributed by atoms with Gasteiger partial charge in [0.25, 0.3) is 5.95 Å². The molecule has 1 aliphatic rings. The van der Waals surface area contributed by atoms with Gasteiger partial charge in [0.1, 0.15) is 11.9 Å². The summed E-state index contributed by atoms with van der Waals surface area (Å²) in [6.07, 6.45) is 8.63. The number of rotatable bonds is 7. The van der Waals surface area contributed by atoms with Crippen molar-refractivity contribution in [1.29, 1.82) is 0 Å². The fourth-order valence-corrected chi connectivity index (χ4v) is 3.94. The molecule has 0 radical (unpaired) electrons. The SMILES string of the molecule is COc1cc(=O)c(C)c(C2CC(=CC(C)=CC(C)=CC(C)=Cc3ccc([NH+]([O-])O)cc3)CO2)o1. The zero-order chi connectivity index (χ0) is 24.8. The molecule has 0 spiro atoms. The molecule has 0 bridgehead atoms. The number of hydrogen-bond donors (Lipinski definition) is 2. The zero-order valence-electron chi connectivity index (χ0n) is 20.2. The van der Waals surface area contributed by atoms with E-state index in [-0.39, 0.29) is 23.2 Å². The molecule has 2 unspecified atom stereocenters. The lowest BCUT2D eigenvalue weighted by Crippen LogP contribution is -2.99. The van der Waals surface area contributed by atoms with E-state index in [4.69, 9.17) is 19.1 Å². The molecule has 1 aromatic heterocycles. The first kappa shape index (κ1) is 25.4. The maximum Gasteiger partial charge on any atom is 0.288 e. The summed E-state index contributed by atoms with van der Waals surface area (Å²) < 4.78 is 16.7. The van der Waals surface area contributed by atoms with Gasteiger partial charge >= 0.3 is 0 Å². The van der Waals surface area contributed by atoms with Crippen molar-refractivity contribution < 1.29 is 24.3 Å². The van der Waals surface area contributed by atoms with E-state index in [1.807, 2.05) is 26.8 Å². The summed E-state index contributed by atoms with van der Waals surface area (Å²) in [6, 6.07) is 8.13. The largest absolute Gasteiger partial charge is 0.595 e. The number of methoxy groups -OCH3 is 1. The molecule has 34 heavy (non-hydrogen) atoms. The highest BCUT2D eigenvalue weighted by molar-refractivity contribution is 5.57. The van der Waals surface area contributed by atoms with Crippen LogP contribution in [0.2, 0.25) is 0 Å². The van der Waals surface area contributed by atoms with Crippen LogP contribution in [0.25, 0.3) is 6.08 Å². The van der Waals surface area contributed by atoms with Gasteiger partial charge in [0, 0.05) is 24.1 Å². The van der Waals surface area contributed by atoms with Crippen molar-refractivity contribution in [2.45, 2.75) is 40.2 Å². The van der Waals surface area contributed by atoms with Gasteiger partial charge in [-0.15, -0.1) is 0 Å². The molecule has 2 aromatic rings. The summed E-state index contributed by atoms with van der Waals surface area (Å²) in [7, 11) is 1.47. The topological polar surface area (TPSA) is 96.4 Å². The predicted octanol–water partition coefficient (Wildman–Crippen LogP) is 4.74. The maximum absolute atomic E-state index is 12.1. The van der Waals surface area contributed by atoms with Crippen molar-refractivity contribution in [3.63, 3.8) is 0 Å². The van der Waals surface area contributed by atoms with Crippen molar-refractivity contribution >= 4 is 11.8 Å². The number of allylic oxidation sites excluding steroid dienone is 6. The fraction of sp³-hybridized carbons (Fsp3) is 0.296. The van der Waals surface area contributed by atoms with Gasteiger partial charge in [-0.2, -0.15) is 5.23 Å². The molecule has 1 fully saturated rings. The third-order valence-corrected chi connectivity index (χ3v) is 5.50. The number of nitrogens with one attached hydrogen (secondary N) is 1. The second-order valence-corrected chi connectivity index (χ2v) is 8.52. The van der Waals surface area contributed by atoms with E-state index >= 15 is 0 Å². The molecule has 3 rings (SSSR count). The summed E-state index contributed by atoms with van der Waals surface area (Å²) in [6.45, 7) is 8.30. The van der Waals surface area contributed by atoms with Gasteiger partial charge in [-0.05, 0) is 51.0 Å². The van der Waals surface area contributed by atoms with Gasteiger partial charge in [0.05, 0.1) is 19.8 Å². The average Bonchev–Trinajstić information content (AvgIpc) is 3.23. The monoisotopic (exact) mass is 465 g/mol. The van der Waals surface area contributed by atoms with E-state index in [0.29, 0.717) is 24.4 Å². The fourth-order valence-electron chi connectivity index (χ4n) is 3.94. The van der Waals surface area contributed by atoms with Crippen molar-refractivity contribution in [3.8, 4) is 5.95 Å². The minimum absolute atomic E-state index is 0.128. The molecule has 2 N–H and O–H groups in total. The van der Waals surface area contributed by atoms with Crippen LogP contribution in [0.5, 0.6) is 5.95 Å². The highest BCUT2D eigenvalue weighted by atomic mass is 16.8. The number of hydrogen-bond acceptors (Lipinski definition) is 6. The number of quaternary nitrogens is 1. The Kier molecular flexibility index (Phi) is 8.41. The first-order valence-electron chi connectivity index (χ1n) is 11.0. The Bertz CT molecular complexity index is 1200. The van der Waals surface area contributed by atoms with E-state index in [9.17, 15) is 10.0 Å². The molecular formula is C27H31NO6. The van der Waals surface area contributed by atoms with Gasteiger partial charge in [0.15, 0.2) is 11.1 Å². The Labute approximate surface area is 199 Å². The standard InChI is InChI=1S/C27H31NO6/c1-17(10-18(2)12-21-6-8-23(9-7-21)28(30)31)11-19(3)13-22-14-25(33-16-22)27-20(4)24(29)15-26(32-5)34-27/h6-13,15,25,28,30H,14,16H2,1-5H3. The molecule has 7 nitrogen and oxygen atoms in total. The summed E-state index contributed by atoms with van der Waals surface area (Å²) in [4.78, 5) is 12.1. The number of benzene rings is 1. The lowest BCUT2D eigenvalue weighted by atomic mass is 10.0. The van der Waals surface area contributed by atoms with Gasteiger partial charge in [0.2, 0.25) is 0 Å². The molecule has 0 saturated carbocycles.